The maximum Gasteiger partial charge on any atom is 0.416 e. The van der Waals surface area contributed by atoms with E-state index in [4.69, 9.17) is 17.0 Å². The number of nitrogens with one attached hydrogen (secondary N) is 2. The van der Waals surface area contributed by atoms with E-state index in [0.717, 1.165) is 21.8 Å². The number of ether oxygens (including phenoxy) is 1. The maximum absolute atomic E-state index is 13.1. The predicted octanol–water partition coefficient (Wildman–Crippen LogP) is 7.36. The quantitative estimate of drug-likeness (QED) is 0.197. The van der Waals surface area contributed by atoms with Gasteiger partial charge in [0, 0.05) is 17.0 Å². The largest absolute Gasteiger partial charge is 0.462 e. The first-order valence-electron chi connectivity index (χ1n) is 10.1. The number of carbonyl (C=O) groups excluding carboxylic acids is 1. The second kappa shape index (κ2) is 10.6. The van der Waals surface area contributed by atoms with Gasteiger partial charge in [0.05, 0.1) is 23.3 Å². The second-order valence-electron chi connectivity index (χ2n) is 7.21. The Morgan fingerprint density at radius 3 is 2.09 bits per heavy atom. The van der Waals surface area contributed by atoms with Crippen LogP contribution in [0.2, 0.25) is 0 Å². The van der Waals surface area contributed by atoms with Gasteiger partial charge < -0.3 is 15.4 Å². The summed E-state index contributed by atoms with van der Waals surface area (Å²) in [5.74, 6) is -0.646. The van der Waals surface area contributed by atoms with Crippen LogP contribution in [0.1, 0.15) is 38.8 Å². The number of carbonyl (C=O) groups is 1. The minimum absolute atomic E-state index is 0.0235. The van der Waals surface area contributed by atoms with Crippen LogP contribution in [-0.4, -0.2) is 17.7 Å². The summed E-state index contributed by atoms with van der Waals surface area (Å²) in [4.78, 5) is 13.2. The van der Waals surface area contributed by atoms with E-state index in [-0.39, 0.29) is 28.4 Å². The number of thiocarbonyl (C=S) groups is 1. The molecule has 35 heavy (non-hydrogen) atoms. The first-order valence-corrected chi connectivity index (χ1v) is 11.3. The van der Waals surface area contributed by atoms with Gasteiger partial charge in [-0.2, -0.15) is 26.3 Å². The average molecular weight is 533 g/mol. The topological polar surface area (TPSA) is 50.4 Å². The number of halogens is 6. The van der Waals surface area contributed by atoms with Crippen LogP contribution in [0.4, 0.5) is 37.0 Å². The molecule has 0 saturated carbocycles. The van der Waals surface area contributed by atoms with Crippen LogP contribution in [0.15, 0.2) is 54.6 Å². The number of rotatable bonds is 6. The van der Waals surface area contributed by atoms with Gasteiger partial charge in [-0.15, -0.1) is 11.3 Å². The maximum atomic E-state index is 13.1. The van der Waals surface area contributed by atoms with Crippen molar-refractivity contribution in [1.29, 1.82) is 0 Å². The van der Waals surface area contributed by atoms with Crippen LogP contribution >= 0.6 is 23.6 Å². The number of hydrogen-bond acceptors (Lipinski definition) is 4. The molecule has 0 atom stereocenters. The highest BCUT2D eigenvalue weighted by Gasteiger charge is 2.37. The van der Waals surface area contributed by atoms with Crippen molar-refractivity contribution in [2.75, 3.05) is 17.2 Å². The van der Waals surface area contributed by atoms with E-state index in [0.29, 0.717) is 18.6 Å². The molecule has 0 spiro atoms. The van der Waals surface area contributed by atoms with Crippen molar-refractivity contribution < 1.29 is 35.9 Å². The summed E-state index contributed by atoms with van der Waals surface area (Å²) in [6.45, 7) is 1.73. The van der Waals surface area contributed by atoms with E-state index in [1.807, 2.05) is 30.3 Å². The van der Waals surface area contributed by atoms with Crippen LogP contribution in [0.3, 0.4) is 0 Å². The zero-order valence-electron chi connectivity index (χ0n) is 18.0. The van der Waals surface area contributed by atoms with Crippen molar-refractivity contribution in [3.05, 3.63) is 81.7 Å². The molecule has 186 valence electrons. The standard InChI is InChI=1S/C23H18F6N2O2S2/c1-2-33-20(32)18-12-17(8-13-6-4-3-5-7-13)35-19(18)31-21(34)30-16-10-14(22(24,25)26)9-15(11-16)23(27,28)29/h3-7,9-12H,2,8H2,1H3,(H2,30,31,34). The Labute approximate surface area is 205 Å². The molecule has 3 aromatic rings. The van der Waals surface area contributed by atoms with Crippen molar-refractivity contribution in [1.82, 2.24) is 0 Å². The van der Waals surface area contributed by atoms with E-state index in [9.17, 15) is 31.1 Å². The molecule has 0 saturated heterocycles. The summed E-state index contributed by atoms with van der Waals surface area (Å²) in [7, 11) is 0. The predicted molar refractivity (Wildman–Crippen MR) is 126 cm³/mol. The minimum Gasteiger partial charge on any atom is -0.462 e. The van der Waals surface area contributed by atoms with Gasteiger partial charge in [0.1, 0.15) is 5.00 Å². The molecule has 3 rings (SSSR count). The summed E-state index contributed by atoms with van der Waals surface area (Å²) in [6, 6.07) is 12.0. The Morgan fingerprint density at radius 2 is 1.54 bits per heavy atom. The molecule has 1 heterocycles. The molecule has 0 unspecified atom stereocenters. The van der Waals surface area contributed by atoms with Gasteiger partial charge >= 0.3 is 18.3 Å². The van der Waals surface area contributed by atoms with Crippen molar-refractivity contribution in [2.45, 2.75) is 25.7 Å². The number of alkyl halides is 6. The fourth-order valence-corrected chi connectivity index (χ4v) is 4.44. The molecule has 1 aromatic heterocycles. The van der Waals surface area contributed by atoms with Crippen LogP contribution in [0, 0.1) is 0 Å². The monoisotopic (exact) mass is 532 g/mol. The molecule has 4 nitrogen and oxygen atoms in total. The third-order valence-electron chi connectivity index (χ3n) is 4.57. The molecule has 0 fully saturated rings. The van der Waals surface area contributed by atoms with Gasteiger partial charge in [0.2, 0.25) is 0 Å². The lowest BCUT2D eigenvalue weighted by Gasteiger charge is -2.16. The van der Waals surface area contributed by atoms with Crippen LogP contribution in [0.5, 0.6) is 0 Å². The number of esters is 1. The van der Waals surface area contributed by atoms with Crippen molar-refractivity contribution in [3.63, 3.8) is 0 Å². The van der Waals surface area contributed by atoms with E-state index < -0.39 is 35.1 Å². The SMILES string of the molecule is CCOC(=O)c1cc(Cc2ccccc2)sc1NC(=S)Nc1cc(C(F)(F)F)cc(C(F)(F)F)c1. The molecule has 0 aliphatic carbocycles. The Bertz CT molecular complexity index is 1170. The van der Waals surface area contributed by atoms with E-state index in [2.05, 4.69) is 10.6 Å². The molecule has 0 aliphatic rings. The highest BCUT2D eigenvalue weighted by atomic mass is 32.1. The van der Waals surface area contributed by atoms with Gasteiger partial charge in [-0.1, -0.05) is 30.3 Å². The summed E-state index contributed by atoms with van der Waals surface area (Å²) in [6.07, 6.45) is -9.50. The Hall–Kier alpha value is -3.12. The number of thiophene rings is 1. The summed E-state index contributed by atoms with van der Waals surface area (Å²) in [5.41, 5.74) is -2.35. The lowest BCUT2D eigenvalue weighted by molar-refractivity contribution is -0.143. The molecular weight excluding hydrogens is 514 g/mol. The normalized spacial score (nSPS) is 11.7. The van der Waals surface area contributed by atoms with Gasteiger partial charge in [0.15, 0.2) is 5.11 Å². The molecular formula is C23H18F6N2O2S2. The van der Waals surface area contributed by atoms with Gasteiger partial charge in [-0.25, -0.2) is 4.79 Å². The third kappa shape index (κ3) is 7.18. The molecule has 12 heteroatoms. The van der Waals surface area contributed by atoms with E-state index in [1.165, 1.54) is 0 Å². The van der Waals surface area contributed by atoms with Gasteiger partial charge in [-0.3, -0.25) is 0 Å². The summed E-state index contributed by atoms with van der Waals surface area (Å²) >= 11 is 6.27. The fraction of sp³-hybridized carbons (Fsp3) is 0.217. The van der Waals surface area contributed by atoms with Crippen LogP contribution < -0.4 is 10.6 Å². The lowest BCUT2D eigenvalue weighted by atomic mass is 10.1. The average Bonchev–Trinajstić information content (AvgIpc) is 3.15. The summed E-state index contributed by atoms with van der Waals surface area (Å²) in [5, 5.41) is 4.99. The first kappa shape index (κ1) is 26.5. The number of benzene rings is 2. The number of anilines is 2. The van der Waals surface area contributed by atoms with Crippen molar-refractivity contribution in [2.24, 2.45) is 0 Å². The van der Waals surface area contributed by atoms with Gasteiger partial charge in [0.25, 0.3) is 0 Å². The smallest absolute Gasteiger partial charge is 0.416 e. The highest BCUT2D eigenvalue weighted by Crippen LogP contribution is 2.38. The first-order chi connectivity index (χ1) is 16.4. The molecule has 2 aromatic carbocycles. The second-order valence-corrected chi connectivity index (χ2v) is 8.76. The molecule has 0 amide bonds. The summed E-state index contributed by atoms with van der Waals surface area (Å²) < 4.78 is 83.8. The Balaban J connectivity index is 1.87. The van der Waals surface area contributed by atoms with Gasteiger partial charge in [-0.05, 0) is 49.0 Å². The van der Waals surface area contributed by atoms with Crippen molar-refractivity contribution >= 4 is 45.3 Å². The molecule has 0 aliphatic heterocycles. The van der Waals surface area contributed by atoms with Crippen LogP contribution in [0.25, 0.3) is 0 Å². The number of hydrogen-bond donors (Lipinski definition) is 2. The van der Waals surface area contributed by atoms with Crippen LogP contribution in [-0.2, 0) is 23.5 Å². The molecule has 0 radical (unpaired) electrons. The van der Waals surface area contributed by atoms with Crippen molar-refractivity contribution in [3.8, 4) is 0 Å². The third-order valence-corrected chi connectivity index (χ3v) is 5.83. The minimum atomic E-state index is -5.00. The van der Waals surface area contributed by atoms with E-state index in [1.54, 1.807) is 13.0 Å². The molecule has 2 N–H and O–H groups in total. The highest BCUT2D eigenvalue weighted by molar-refractivity contribution is 7.80. The zero-order valence-corrected chi connectivity index (χ0v) is 19.6. The van der Waals surface area contributed by atoms with E-state index >= 15 is 0 Å². The fourth-order valence-electron chi connectivity index (χ4n) is 3.07. The molecule has 0 bridgehead atoms. The zero-order chi connectivity index (χ0) is 25.8. The Kier molecular flexibility index (Phi) is 8.06. The lowest BCUT2D eigenvalue weighted by Crippen LogP contribution is -2.21. The Morgan fingerprint density at radius 1 is 0.943 bits per heavy atom.